The zero-order valence-electron chi connectivity index (χ0n) is 8.67. The Hall–Kier alpha value is -0.150. The highest BCUT2D eigenvalue weighted by atomic mass is 79.9. The highest BCUT2D eigenvalue weighted by molar-refractivity contribution is 9.11. The number of thiophene rings is 1. The van der Waals surface area contributed by atoms with Crippen LogP contribution in [0.3, 0.4) is 0 Å². The summed E-state index contributed by atoms with van der Waals surface area (Å²) in [6, 6.07) is 4.16. The molecule has 82 valence electrons. The maximum atomic E-state index is 11.8. The van der Waals surface area contributed by atoms with Crippen LogP contribution in [-0.4, -0.2) is 5.78 Å². The average Bonchev–Trinajstić information content (AvgIpc) is 2.84. The van der Waals surface area contributed by atoms with Crippen molar-refractivity contribution in [1.82, 2.24) is 0 Å². The van der Waals surface area contributed by atoms with E-state index in [1.54, 1.807) is 11.3 Å². The fourth-order valence-electron chi connectivity index (χ4n) is 2.18. The molecule has 1 aliphatic rings. The molecule has 0 radical (unpaired) electrons. The number of rotatable bonds is 4. The van der Waals surface area contributed by atoms with Crippen LogP contribution in [0.4, 0.5) is 0 Å². The van der Waals surface area contributed by atoms with Crippen LogP contribution in [0.1, 0.15) is 37.0 Å². The third-order valence-electron chi connectivity index (χ3n) is 3.06. The van der Waals surface area contributed by atoms with E-state index in [0.717, 1.165) is 29.5 Å². The lowest BCUT2D eigenvalue weighted by Crippen LogP contribution is -2.10. The monoisotopic (exact) mass is 286 g/mol. The van der Waals surface area contributed by atoms with E-state index in [2.05, 4.69) is 28.1 Å². The van der Waals surface area contributed by atoms with Crippen LogP contribution in [0.15, 0.2) is 15.9 Å². The standard InChI is InChI=1S/C12H15BrOS/c13-12-8-6-10(15-12)5-7-11(14)9-3-1-2-4-9/h6,8-9H,1-5,7H2. The summed E-state index contributed by atoms with van der Waals surface area (Å²) >= 11 is 5.18. The lowest BCUT2D eigenvalue weighted by Gasteiger charge is -2.06. The maximum absolute atomic E-state index is 11.8. The first kappa shape index (κ1) is 11.3. The molecule has 0 spiro atoms. The van der Waals surface area contributed by atoms with Crippen molar-refractivity contribution in [3.8, 4) is 0 Å². The van der Waals surface area contributed by atoms with Gasteiger partial charge in [0.15, 0.2) is 0 Å². The molecule has 1 nitrogen and oxygen atoms in total. The van der Waals surface area contributed by atoms with E-state index in [1.807, 2.05) is 0 Å². The van der Waals surface area contributed by atoms with Gasteiger partial charge in [-0.1, -0.05) is 12.8 Å². The molecule has 0 saturated heterocycles. The van der Waals surface area contributed by atoms with Gasteiger partial charge >= 0.3 is 0 Å². The smallest absolute Gasteiger partial charge is 0.136 e. The van der Waals surface area contributed by atoms with Crippen LogP contribution in [-0.2, 0) is 11.2 Å². The summed E-state index contributed by atoms with van der Waals surface area (Å²) in [7, 11) is 0. The summed E-state index contributed by atoms with van der Waals surface area (Å²) in [4.78, 5) is 13.1. The van der Waals surface area contributed by atoms with Gasteiger partial charge in [0.2, 0.25) is 0 Å². The Morgan fingerprint density at radius 3 is 2.73 bits per heavy atom. The number of carbonyl (C=O) groups excluding carboxylic acids is 1. The summed E-state index contributed by atoms with van der Waals surface area (Å²) in [5, 5.41) is 0. The number of halogens is 1. The van der Waals surface area contributed by atoms with Gasteiger partial charge in [0.25, 0.3) is 0 Å². The van der Waals surface area contributed by atoms with Crippen LogP contribution in [0, 0.1) is 5.92 Å². The van der Waals surface area contributed by atoms with Gasteiger partial charge in [0.05, 0.1) is 3.79 Å². The summed E-state index contributed by atoms with van der Waals surface area (Å²) in [5.41, 5.74) is 0. The van der Waals surface area contributed by atoms with Gasteiger partial charge in [0.1, 0.15) is 5.78 Å². The second-order valence-electron chi connectivity index (χ2n) is 4.15. The highest BCUT2D eigenvalue weighted by Gasteiger charge is 2.21. The van der Waals surface area contributed by atoms with E-state index >= 15 is 0 Å². The van der Waals surface area contributed by atoms with Crippen molar-refractivity contribution in [3.05, 3.63) is 20.8 Å². The molecule has 1 aliphatic carbocycles. The minimum atomic E-state index is 0.383. The van der Waals surface area contributed by atoms with Gasteiger partial charge < -0.3 is 0 Å². The Kier molecular flexibility index (Phi) is 3.98. The van der Waals surface area contributed by atoms with Gasteiger partial charge in [0, 0.05) is 17.2 Å². The second-order valence-corrected chi connectivity index (χ2v) is 6.70. The van der Waals surface area contributed by atoms with Crippen LogP contribution >= 0.6 is 27.3 Å². The lowest BCUT2D eigenvalue weighted by molar-refractivity contribution is -0.122. The summed E-state index contributed by atoms with van der Waals surface area (Å²) in [6.45, 7) is 0. The normalized spacial score (nSPS) is 17.1. The van der Waals surface area contributed by atoms with Crippen molar-refractivity contribution < 1.29 is 4.79 Å². The molecule has 1 heterocycles. The summed E-state index contributed by atoms with van der Waals surface area (Å²) in [6.07, 6.45) is 6.42. The molecule has 0 atom stereocenters. The number of aryl methyl sites for hydroxylation is 1. The first-order chi connectivity index (χ1) is 7.25. The first-order valence-corrected chi connectivity index (χ1v) is 7.13. The zero-order chi connectivity index (χ0) is 10.7. The Morgan fingerprint density at radius 2 is 2.13 bits per heavy atom. The van der Waals surface area contributed by atoms with Crippen molar-refractivity contribution in [2.24, 2.45) is 5.92 Å². The van der Waals surface area contributed by atoms with E-state index in [1.165, 1.54) is 17.7 Å². The molecule has 15 heavy (non-hydrogen) atoms. The van der Waals surface area contributed by atoms with Crippen molar-refractivity contribution in [3.63, 3.8) is 0 Å². The van der Waals surface area contributed by atoms with Crippen molar-refractivity contribution in [2.45, 2.75) is 38.5 Å². The van der Waals surface area contributed by atoms with E-state index < -0.39 is 0 Å². The van der Waals surface area contributed by atoms with Crippen LogP contribution < -0.4 is 0 Å². The van der Waals surface area contributed by atoms with Gasteiger partial charge in [-0.25, -0.2) is 0 Å². The number of hydrogen-bond donors (Lipinski definition) is 0. The molecule has 3 heteroatoms. The molecular formula is C12H15BrOS. The fourth-order valence-corrected chi connectivity index (χ4v) is 3.67. The molecule has 0 amide bonds. The second kappa shape index (κ2) is 5.26. The third-order valence-corrected chi connectivity index (χ3v) is 4.74. The van der Waals surface area contributed by atoms with E-state index in [4.69, 9.17) is 0 Å². The van der Waals surface area contributed by atoms with Crippen LogP contribution in [0.25, 0.3) is 0 Å². The summed E-state index contributed by atoms with van der Waals surface area (Å²) in [5.74, 6) is 0.866. The van der Waals surface area contributed by atoms with Gasteiger partial charge in [-0.15, -0.1) is 11.3 Å². The molecular weight excluding hydrogens is 272 g/mol. The van der Waals surface area contributed by atoms with Crippen LogP contribution in [0.5, 0.6) is 0 Å². The Morgan fingerprint density at radius 1 is 1.40 bits per heavy atom. The molecule has 0 aliphatic heterocycles. The highest BCUT2D eigenvalue weighted by Crippen LogP contribution is 2.28. The van der Waals surface area contributed by atoms with E-state index in [-0.39, 0.29) is 0 Å². The zero-order valence-corrected chi connectivity index (χ0v) is 11.1. The minimum absolute atomic E-state index is 0.383. The third kappa shape index (κ3) is 3.15. The van der Waals surface area contributed by atoms with Crippen molar-refractivity contribution in [2.75, 3.05) is 0 Å². The number of Topliss-reactive ketones (excluding diaryl/α,β-unsaturated/α-hetero) is 1. The fraction of sp³-hybridized carbons (Fsp3) is 0.583. The SMILES string of the molecule is O=C(CCc1ccc(Br)s1)C1CCCC1. The Labute approximate surface area is 103 Å². The molecule has 2 rings (SSSR count). The molecule has 0 N–H and O–H groups in total. The van der Waals surface area contributed by atoms with Gasteiger partial charge in [-0.05, 0) is 47.3 Å². The molecule has 0 bridgehead atoms. The average molecular weight is 287 g/mol. The van der Waals surface area contributed by atoms with Crippen LogP contribution in [0.2, 0.25) is 0 Å². The number of ketones is 1. The summed E-state index contributed by atoms with van der Waals surface area (Å²) < 4.78 is 1.16. The molecule has 1 aromatic rings. The minimum Gasteiger partial charge on any atom is -0.299 e. The Bertz CT molecular complexity index is 339. The maximum Gasteiger partial charge on any atom is 0.136 e. The first-order valence-electron chi connectivity index (χ1n) is 5.52. The van der Waals surface area contributed by atoms with Crippen molar-refractivity contribution in [1.29, 1.82) is 0 Å². The molecule has 0 unspecified atom stereocenters. The largest absolute Gasteiger partial charge is 0.299 e. The number of hydrogen-bond acceptors (Lipinski definition) is 2. The quantitative estimate of drug-likeness (QED) is 0.811. The van der Waals surface area contributed by atoms with E-state index in [9.17, 15) is 4.79 Å². The van der Waals surface area contributed by atoms with Crippen molar-refractivity contribution >= 4 is 33.0 Å². The molecule has 1 saturated carbocycles. The van der Waals surface area contributed by atoms with E-state index in [0.29, 0.717) is 11.7 Å². The van der Waals surface area contributed by atoms with Gasteiger partial charge in [-0.2, -0.15) is 0 Å². The lowest BCUT2D eigenvalue weighted by atomic mass is 9.99. The molecule has 0 aromatic carbocycles. The topological polar surface area (TPSA) is 17.1 Å². The number of carbonyl (C=O) groups is 1. The molecule has 1 aromatic heterocycles. The predicted octanol–water partition coefficient (Wildman–Crippen LogP) is 4.20. The van der Waals surface area contributed by atoms with Gasteiger partial charge in [-0.3, -0.25) is 4.79 Å². The Balaban J connectivity index is 1.80. The predicted molar refractivity (Wildman–Crippen MR) is 67.3 cm³/mol. The molecule has 1 fully saturated rings.